The van der Waals surface area contributed by atoms with Crippen molar-refractivity contribution in [3.05, 3.63) is 29.6 Å². The molecule has 1 amide bonds. The summed E-state index contributed by atoms with van der Waals surface area (Å²) in [7, 11) is -4.36. The van der Waals surface area contributed by atoms with Gasteiger partial charge in [0.1, 0.15) is 17.9 Å². The van der Waals surface area contributed by atoms with Gasteiger partial charge in [-0.25, -0.2) is 12.8 Å². The first-order chi connectivity index (χ1) is 9.67. The number of halogens is 1. The van der Waals surface area contributed by atoms with E-state index in [-0.39, 0.29) is 0 Å². The molecule has 4 N–H and O–H groups in total. The van der Waals surface area contributed by atoms with Gasteiger partial charge in [0, 0.05) is 0 Å². The van der Waals surface area contributed by atoms with Crippen molar-refractivity contribution < 1.29 is 27.5 Å². The fraction of sp³-hybridized carbons (Fsp3) is 0.182. The Hall–Kier alpha value is -2.51. The van der Waals surface area contributed by atoms with Crippen molar-refractivity contribution in [2.24, 2.45) is 5.73 Å². The third kappa shape index (κ3) is 4.23. The summed E-state index contributed by atoms with van der Waals surface area (Å²) in [6.07, 6.45) is -0.749. The molecule has 0 unspecified atom stereocenters. The van der Waals surface area contributed by atoms with E-state index in [0.29, 0.717) is 0 Å². The molecular weight excluding hydrogens is 305 g/mol. The smallest absolute Gasteiger partial charge is 0.322 e. The Labute approximate surface area is 119 Å². The van der Waals surface area contributed by atoms with E-state index in [2.05, 4.69) is 0 Å². The molecular formula is C11H10FN3O5S. The Bertz CT molecular complexity index is 726. The van der Waals surface area contributed by atoms with Crippen LogP contribution in [0.5, 0.6) is 0 Å². The van der Waals surface area contributed by atoms with Gasteiger partial charge in [0.25, 0.3) is 0 Å². The second-order valence-corrected chi connectivity index (χ2v) is 5.65. The lowest BCUT2D eigenvalue weighted by molar-refractivity contribution is -0.140. The first-order valence-electron chi connectivity index (χ1n) is 5.40. The highest BCUT2D eigenvalue weighted by molar-refractivity contribution is 7.89. The number of primary amides is 1. The minimum absolute atomic E-state index is 0.504. The summed E-state index contributed by atoms with van der Waals surface area (Å²) in [5.74, 6) is -3.52. The number of hydrogen-bond donors (Lipinski definition) is 3. The first kappa shape index (κ1) is 16.5. The number of nitriles is 1. The van der Waals surface area contributed by atoms with Crippen LogP contribution in [0.4, 0.5) is 4.39 Å². The number of amides is 1. The minimum atomic E-state index is -4.36. The number of carbonyl (C=O) groups is 2. The molecule has 112 valence electrons. The van der Waals surface area contributed by atoms with Crippen LogP contribution in [0.15, 0.2) is 23.1 Å². The zero-order valence-corrected chi connectivity index (χ0v) is 11.2. The molecule has 21 heavy (non-hydrogen) atoms. The van der Waals surface area contributed by atoms with Gasteiger partial charge in [0.2, 0.25) is 15.9 Å². The van der Waals surface area contributed by atoms with Crippen molar-refractivity contribution in [2.75, 3.05) is 0 Å². The molecule has 0 saturated heterocycles. The lowest BCUT2D eigenvalue weighted by Gasteiger charge is -2.13. The average Bonchev–Trinajstić information content (AvgIpc) is 2.37. The van der Waals surface area contributed by atoms with Crippen molar-refractivity contribution >= 4 is 21.9 Å². The van der Waals surface area contributed by atoms with Gasteiger partial charge in [-0.2, -0.15) is 9.98 Å². The lowest BCUT2D eigenvalue weighted by Crippen LogP contribution is -2.43. The van der Waals surface area contributed by atoms with E-state index in [1.165, 1.54) is 6.07 Å². The molecule has 0 fully saturated rings. The number of sulfonamides is 1. The summed E-state index contributed by atoms with van der Waals surface area (Å²) >= 11 is 0. The van der Waals surface area contributed by atoms with Gasteiger partial charge in [-0.15, -0.1) is 0 Å². The highest BCUT2D eigenvalue weighted by Crippen LogP contribution is 2.15. The number of carbonyl (C=O) groups excluding carboxylic acids is 1. The number of hydrogen-bond acceptors (Lipinski definition) is 5. The fourth-order valence-corrected chi connectivity index (χ4v) is 2.61. The fourth-order valence-electron chi connectivity index (χ4n) is 1.39. The molecule has 0 saturated carbocycles. The van der Waals surface area contributed by atoms with E-state index < -0.39 is 50.6 Å². The maximum absolute atomic E-state index is 13.1. The predicted molar refractivity (Wildman–Crippen MR) is 66.7 cm³/mol. The van der Waals surface area contributed by atoms with Crippen molar-refractivity contribution in [2.45, 2.75) is 17.4 Å². The molecule has 1 atom stereocenters. The van der Waals surface area contributed by atoms with Crippen LogP contribution >= 0.6 is 0 Å². The second-order valence-electron chi connectivity index (χ2n) is 3.94. The van der Waals surface area contributed by atoms with E-state index in [1.54, 1.807) is 4.72 Å². The van der Waals surface area contributed by atoms with Gasteiger partial charge >= 0.3 is 5.97 Å². The van der Waals surface area contributed by atoms with Crippen LogP contribution in [0.25, 0.3) is 0 Å². The maximum atomic E-state index is 13.1. The molecule has 0 heterocycles. The van der Waals surface area contributed by atoms with Crippen LogP contribution in [0.1, 0.15) is 12.0 Å². The Balaban J connectivity index is 3.13. The largest absolute Gasteiger partial charge is 0.480 e. The van der Waals surface area contributed by atoms with E-state index in [4.69, 9.17) is 16.1 Å². The summed E-state index contributed by atoms with van der Waals surface area (Å²) < 4.78 is 38.8. The normalized spacial score (nSPS) is 12.4. The Morgan fingerprint density at radius 3 is 2.57 bits per heavy atom. The summed E-state index contributed by atoms with van der Waals surface area (Å²) in [5.41, 5.74) is 4.31. The number of carboxylic acid groups (broad SMARTS) is 1. The molecule has 0 aliphatic rings. The van der Waals surface area contributed by atoms with Crippen LogP contribution in [-0.4, -0.2) is 31.4 Å². The molecule has 0 radical (unpaired) electrons. The third-order valence-electron chi connectivity index (χ3n) is 2.37. The van der Waals surface area contributed by atoms with Gasteiger partial charge in [-0.05, 0) is 18.2 Å². The monoisotopic (exact) mass is 315 g/mol. The van der Waals surface area contributed by atoms with Crippen molar-refractivity contribution in [3.8, 4) is 6.07 Å². The van der Waals surface area contributed by atoms with Crippen LogP contribution in [0.2, 0.25) is 0 Å². The number of aliphatic carboxylic acids is 1. The molecule has 0 aromatic heterocycles. The molecule has 8 nitrogen and oxygen atoms in total. The van der Waals surface area contributed by atoms with E-state index in [9.17, 15) is 22.4 Å². The highest BCUT2D eigenvalue weighted by Gasteiger charge is 2.27. The summed E-state index contributed by atoms with van der Waals surface area (Å²) in [6, 6.07) is 2.07. The quantitative estimate of drug-likeness (QED) is 0.632. The number of benzene rings is 1. The maximum Gasteiger partial charge on any atom is 0.322 e. The van der Waals surface area contributed by atoms with Gasteiger partial charge in [-0.3, -0.25) is 9.59 Å². The van der Waals surface area contributed by atoms with Crippen LogP contribution < -0.4 is 10.5 Å². The Morgan fingerprint density at radius 1 is 1.48 bits per heavy atom. The lowest BCUT2D eigenvalue weighted by atomic mass is 10.2. The van der Waals surface area contributed by atoms with E-state index in [1.807, 2.05) is 0 Å². The Morgan fingerprint density at radius 2 is 2.10 bits per heavy atom. The van der Waals surface area contributed by atoms with Gasteiger partial charge < -0.3 is 10.8 Å². The summed E-state index contributed by atoms with van der Waals surface area (Å²) in [6.45, 7) is 0. The first-order valence-corrected chi connectivity index (χ1v) is 6.89. The van der Waals surface area contributed by atoms with Gasteiger partial charge in [0.05, 0.1) is 16.9 Å². The SMILES string of the molecule is N#Cc1cc(S(=O)(=O)N[C@H](CC(N)=O)C(=O)O)ccc1F. The zero-order valence-electron chi connectivity index (χ0n) is 10.4. The molecule has 0 aliphatic heterocycles. The Kier molecular flexibility index (Phi) is 4.96. The second kappa shape index (κ2) is 6.29. The topological polar surface area (TPSA) is 150 Å². The third-order valence-corrected chi connectivity index (χ3v) is 3.84. The van der Waals surface area contributed by atoms with Crippen LogP contribution in [0, 0.1) is 17.1 Å². The molecule has 10 heteroatoms. The standard InChI is InChI=1S/C11H10FN3O5S/c12-8-2-1-7(3-6(8)5-13)21(19,20)15-9(11(17)18)4-10(14)16/h1-3,9,15H,4H2,(H2,14,16)(H,17,18)/t9-/m1/s1. The zero-order chi connectivity index (χ0) is 16.2. The molecule has 1 aromatic rings. The minimum Gasteiger partial charge on any atom is -0.480 e. The average molecular weight is 315 g/mol. The number of nitrogens with one attached hydrogen (secondary N) is 1. The van der Waals surface area contributed by atoms with Gasteiger partial charge in [-0.1, -0.05) is 0 Å². The molecule has 0 bridgehead atoms. The number of rotatable bonds is 6. The summed E-state index contributed by atoms with van der Waals surface area (Å²) in [5, 5.41) is 17.5. The number of carboxylic acids is 1. The summed E-state index contributed by atoms with van der Waals surface area (Å²) in [4.78, 5) is 21.1. The van der Waals surface area contributed by atoms with E-state index >= 15 is 0 Å². The van der Waals surface area contributed by atoms with Crippen LogP contribution in [-0.2, 0) is 19.6 Å². The van der Waals surface area contributed by atoms with Crippen LogP contribution in [0.3, 0.4) is 0 Å². The molecule has 0 aliphatic carbocycles. The van der Waals surface area contributed by atoms with E-state index in [0.717, 1.165) is 18.2 Å². The van der Waals surface area contributed by atoms with Crippen molar-refractivity contribution in [1.82, 2.24) is 4.72 Å². The van der Waals surface area contributed by atoms with Crippen molar-refractivity contribution in [1.29, 1.82) is 5.26 Å². The molecule has 1 rings (SSSR count). The molecule has 1 aromatic carbocycles. The highest BCUT2D eigenvalue weighted by atomic mass is 32.2. The number of nitrogens with two attached hydrogens (primary N) is 1. The molecule has 0 spiro atoms. The van der Waals surface area contributed by atoms with Crippen molar-refractivity contribution in [3.63, 3.8) is 0 Å². The number of nitrogens with zero attached hydrogens (tertiary/aromatic N) is 1. The van der Waals surface area contributed by atoms with Gasteiger partial charge in [0.15, 0.2) is 0 Å². The predicted octanol–water partition coefficient (Wildman–Crippen LogP) is -0.696.